The number of aliphatic carboxylic acids is 1. The Morgan fingerprint density at radius 3 is 2.17 bits per heavy atom. The average molecular weight is 271 g/mol. The van der Waals surface area contributed by atoms with Gasteiger partial charge in [0, 0.05) is 0 Å². The molecule has 6 heteroatoms. The maximum Gasteiger partial charge on any atom is 0.321 e. The standard InChI is InChI=1S/C12H17NO4S/c1-4-11(12(14)15)13-18(16,17)10-6-8(2)5-9(3)7-10/h5-7,11,13H,4H2,1-3H3,(H,14,15)/t11-/m0/s1. The number of carboxylic acid groups (broad SMARTS) is 1. The summed E-state index contributed by atoms with van der Waals surface area (Å²) in [6, 6.07) is 3.79. The molecule has 0 aliphatic heterocycles. The van der Waals surface area contributed by atoms with Crippen LogP contribution in [0.15, 0.2) is 23.1 Å². The number of sulfonamides is 1. The molecule has 1 atom stereocenters. The molecule has 5 nitrogen and oxygen atoms in total. The van der Waals surface area contributed by atoms with E-state index in [2.05, 4.69) is 4.72 Å². The van der Waals surface area contributed by atoms with E-state index in [-0.39, 0.29) is 11.3 Å². The first kappa shape index (κ1) is 14.7. The second kappa shape index (κ2) is 5.49. The zero-order valence-electron chi connectivity index (χ0n) is 10.6. The van der Waals surface area contributed by atoms with Gasteiger partial charge in [-0.1, -0.05) is 13.0 Å². The average Bonchev–Trinajstić information content (AvgIpc) is 2.24. The summed E-state index contributed by atoms with van der Waals surface area (Å²) in [6.07, 6.45) is 0.194. The predicted octanol–water partition coefficient (Wildman–Crippen LogP) is 1.44. The molecule has 0 bridgehead atoms. The van der Waals surface area contributed by atoms with Crippen molar-refractivity contribution >= 4 is 16.0 Å². The minimum absolute atomic E-state index is 0.0969. The molecule has 0 saturated carbocycles. The molecule has 0 aromatic heterocycles. The summed E-state index contributed by atoms with van der Waals surface area (Å²) in [4.78, 5) is 10.9. The smallest absolute Gasteiger partial charge is 0.321 e. The summed E-state index contributed by atoms with van der Waals surface area (Å²) in [5.41, 5.74) is 1.64. The fourth-order valence-corrected chi connectivity index (χ4v) is 3.11. The van der Waals surface area contributed by atoms with Gasteiger partial charge in [0.15, 0.2) is 0 Å². The Hall–Kier alpha value is -1.40. The minimum atomic E-state index is -3.79. The topological polar surface area (TPSA) is 83.5 Å². The van der Waals surface area contributed by atoms with Crippen LogP contribution in [0.3, 0.4) is 0 Å². The quantitative estimate of drug-likeness (QED) is 0.849. The number of carboxylic acids is 1. The lowest BCUT2D eigenvalue weighted by Gasteiger charge is -2.13. The van der Waals surface area contributed by atoms with E-state index in [1.54, 1.807) is 20.8 Å². The summed E-state index contributed by atoms with van der Waals surface area (Å²) in [7, 11) is -3.79. The molecule has 0 amide bonds. The lowest BCUT2D eigenvalue weighted by Crippen LogP contribution is -2.40. The molecule has 0 fully saturated rings. The van der Waals surface area contributed by atoms with Crippen LogP contribution in [0.5, 0.6) is 0 Å². The summed E-state index contributed by atoms with van der Waals surface area (Å²) >= 11 is 0. The Labute approximate surface area is 107 Å². The van der Waals surface area contributed by atoms with Crippen LogP contribution in [-0.2, 0) is 14.8 Å². The van der Waals surface area contributed by atoms with Gasteiger partial charge in [-0.05, 0) is 43.5 Å². The lowest BCUT2D eigenvalue weighted by molar-refractivity contribution is -0.139. The van der Waals surface area contributed by atoms with Gasteiger partial charge in [0.05, 0.1) is 4.90 Å². The van der Waals surface area contributed by atoms with Gasteiger partial charge in [-0.25, -0.2) is 8.42 Å². The van der Waals surface area contributed by atoms with Crippen LogP contribution in [-0.4, -0.2) is 25.5 Å². The number of rotatable bonds is 5. The van der Waals surface area contributed by atoms with Crippen LogP contribution in [0.2, 0.25) is 0 Å². The second-order valence-corrected chi connectivity index (χ2v) is 5.96. The lowest BCUT2D eigenvalue weighted by atomic mass is 10.2. The van der Waals surface area contributed by atoms with E-state index in [0.29, 0.717) is 0 Å². The van der Waals surface area contributed by atoms with Gasteiger partial charge in [-0.15, -0.1) is 0 Å². The molecule has 18 heavy (non-hydrogen) atoms. The number of carbonyl (C=O) groups is 1. The van der Waals surface area contributed by atoms with Gasteiger partial charge in [-0.3, -0.25) is 4.79 Å². The van der Waals surface area contributed by atoms with Gasteiger partial charge in [0.25, 0.3) is 0 Å². The predicted molar refractivity (Wildman–Crippen MR) is 68.0 cm³/mol. The highest BCUT2D eigenvalue weighted by molar-refractivity contribution is 7.89. The highest BCUT2D eigenvalue weighted by Crippen LogP contribution is 2.15. The first-order chi connectivity index (χ1) is 8.26. The number of nitrogens with one attached hydrogen (secondary N) is 1. The molecular weight excluding hydrogens is 254 g/mol. The molecule has 0 unspecified atom stereocenters. The molecule has 1 aromatic carbocycles. The highest BCUT2D eigenvalue weighted by atomic mass is 32.2. The van der Waals surface area contributed by atoms with Crippen molar-refractivity contribution in [1.29, 1.82) is 0 Å². The third-order valence-corrected chi connectivity index (χ3v) is 3.96. The van der Waals surface area contributed by atoms with Gasteiger partial charge >= 0.3 is 5.97 Å². The number of hydrogen-bond donors (Lipinski definition) is 2. The van der Waals surface area contributed by atoms with Crippen LogP contribution >= 0.6 is 0 Å². The Morgan fingerprint density at radius 1 is 1.28 bits per heavy atom. The van der Waals surface area contributed by atoms with Crippen molar-refractivity contribution < 1.29 is 18.3 Å². The van der Waals surface area contributed by atoms with Gasteiger partial charge < -0.3 is 5.11 Å². The Bertz CT molecular complexity index is 531. The van der Waals surface area contributed by atoms with E-state index in [9.17, 15) is 13.2 Å². The van der Waals surface area contributed by atoms with Gasteiger partial charge in [0.2, 0.25) is 10.0 Å². The molecule has 0 radical (unpaired) electrons. The number of aryl methyl sites for hydroxylation is 2. The molecule has 0 aliphatic rings. The molecule has 0 saturated heterocycles. The normalized spacial score (nSPS) is 13.3. The number of benzene rings is 1. The monoisotopic (exact) mass is 271 g/mol. The van der Waals surface area contributed by atoms with E-state index in [1.807, 2.05) is 6.07 Å². The Kier molecular flexibility index (Phi) is 4.48. The molecular formula is C12H17NO4S. The molecule has 1 rings (SSSR count). The van der Waals surface area contributed by atoms with Crippen molar-refractivity contribution in [3.8, 4) is 0 Å². The van der Waals surface area contributed by atoms with Crippen LogP contribution in [0.4, 0.5) is 0 Å². The van der Waals surface area contributed by atoms with Crippen LogP contribution < -0.4 is 4.72 Å². The third-order valence-electron chi connectivity index (χ3n) is 2.51. The van der Waals surface area contributed by atoms with Crippen molar-refractivity contribution in [2.75, 3.05) is 0 Å². The van der Waals surface area contributed by atoms with E-state index in [1.165, 1.54) is 12.1 Å². The summed E-state index contributed by atoms with van der Waals surface area (Å²) < 4.78 is 26.3. The SMILES string of the molecule is CC[C@H](NS(=O)(=O)c1cc(C)cc(C)c1)C(=O)O. The van der Waals surface area contributed by atoms with Crippen molar-refractivity contribution in [1.82, 2.24) is 4.72 Å². The fraction of sp³-hybridized carbons (Fsp3) is 0.417. The molecule has 0 spiro atoms. The van der Waals surface area contributed by atoms with E-state index < -0.39 is 22.0 Å². The maximum absolute atomic E-state index is 12.0. The fourth-order valence-electron chi connectivity index (χ4n) is 1.65. The zero-order valence-corrected chi connectivity index (χ0v) is 11.4. The van der Waals surface area contributed by atoms with Crippen LogP contribution in [0.1, 0.15) is 24.5 Å². The first-order valence-corrected chi connectivity index (χ1v) is 7.08. The van der Waals surface area contributed by atoms with Gasteiger partial charge in [-0.2, -0.15) is 4.72 Å². The largest absolute Gasteiger partial charge is 0.480 e. The molecule has 2 N–H and O–H groups in total. The second-order valence-electron chi connectivity index (χ2n) is 4.24. The first-order valence-electron chi connectivity index (χ1n) is 5.59. The van der Waals surface area contributed by atoms with Crippen molar-refractivity contribution in [2.24, 2.45) is 0 Å². The van der Waals surface area contributed by atoms with Crippen molar-refractivity contribution in [2.45, 2.75) is 38.1 Å². The molecule has 0 aliphatic carbocycles. The summed E-state index contributed by atoms with van der Waals surface area (Å²) in [5.74, 6) is -1.18. The summed E-state index contributed by atoms with van der Waals surface area (Å²) in [6.45, 7) is 5.20. The Balaban J connectivity index is 3.10. The van der Waals surface area contributed by atoms with Crippen molar-refractivity contribution in [3.63, 3.8) is 0 Å². The van der Waals surface area contributed by atoms with Crippen LogP contribution in [0, 0.1) is 13.8 Å². The van der Waals surface area contributed by atoms with E-state index >= 15 is 0 Å². The van der Waals surface area contributed by atoms with Crippen LogP contribution in [0.25, 0.3) is 0 Å². The highest BCUT2D eigenvalue weighted by Gasteiger charge is 2.23. The summed E-state index contributed by atoms with van der Waals surface area (Å²) in [5, 5.41) is 8.87. The third kappa shape index (κ3) is 3.54. The molecule has 0 heterocycles. The van der Waals surface area contributed by atoms with E-state index in [0.717, 1.165) is 11.1 Å². The van der Waals surface area contributed by atoms with Gasteiger partial charge in [0.1, 0.15) is 6.04 Å². The zero-order chi connectivity index (χ0) is 13.9. The minimum Gasteiger partial charge on any atom is -0.480 e. The number of hydrogen-bond acceptors (Lipinski definition) is 3. The van der Waals surface area contributed by atoms with E-state index in [4.69, 9.17) is 5.11 Å². The Morgan fingerprint density at radius 2 is 1.78 bits per heavy atom. The molecule has 100 valence electrons. The molecule has 1 aromatic rings. The maximum atomic E-state index is 12.0. The van der Waals surface area contributed by atoms with Crippen molar-refractivity contribution in [3.05, 3.63) is 29.3 Å².